The van der Waals surface area contributed by atoms with Crippen LogP contribution in [0, 0.1) is 0 Å². The van der Waals surface area contributed by atoms with Crippen LogP contribution < -0.4 is 5.32 Å². The van der Waals surface area contributed by atoms with E-state index in [1.54, 1.807) is 18.3 Å². The zero-order valence-electron chi connectivity index (χ0n) is 10.4. The lowest BCUT2D eigenvalue weighted by molar-refractivity contribution is 0.0938. The van der Waals surface area contributed by atoms with Gasteiger partial charge in [-0.1, -0.05) is 18.5 Å². The van der Waals surface area contributed by atoms with Gasteiger partial charge in [-0.3, -0.25) is 4.79 Å². The second-order valence-corrected chi connectivity index (χ2v) is 6.39. The highest BCUT2D eigenvalue weighted by Crippen LogP contribution is 2.29. The molecule has 1 fully saturated rings. The van der Waals surface area contributed by atoms with Crippen molar-refractivity contribution in [2.75, 3.05) is 5.75 Å². The van der Waals surface area contributed by atoms with E-state index in [0.717, 1.165) is 18.6 Å². The molecule has 1 heterocycles. The van der Waals surface area contributed by atoms with Crippen LogP contribution in [-0.2, 0) is 0 Å². The van der Waals surface area contributed by atoms with Crippen LogP contribution in [0.2, 0.25) is 5.15 Å². The normalized spacial score (nSPS) is 23.0. The minimum Gasteiger partial charge on any atom is -0.349 e. The maximum Gasteiger partial charge on any atom is 0.251 e. The minimum atomic E-state index is -0.0496. The average molecular weight is 285 g/mol. The number of nitrogens with zero attached hydrogens (tertiary/aromatic N) is 1. The molecule has 2 atom stereocenters. The Kier molecular flexibility index (Phi) is 4.89. The van der Waals surface area contributed by atoms with E-state index in [-0.39, 0.29) is 5.91 Å². The number of pyridine rings is 1. The van der Waals surface area contributed by atoms with Crippen LogP contribution in [0.5, 0.6) is 0 Å². The molecule has 18 heavy (non-hydrogen) atoms. The Hall–Kier alpha value is -0.740. The van der Waals surface area contributed by atoms with Gasteiger partial charge in [0.2, 0.25) is 0 Å². The van der Waals surface area contributed by atoms with Gasteiger partial charge in [0, 0.05) is 23.1 Å². The average Bonchev–Trinajstić information content (AvgIpc) is 2.77. The maximum absolute atomic E-state index is 12.0. The lowest BCUT2D eigenvalue weighted by atomic mass is 10.2. The predicted octanol–water partition coefficient (Wildman–Crippen LogP) is 3.14. The highest BCUT2D eigenvalue weighted by molar-refractivity contribution is 7.99. The molecule has 2 unspecified atom stereocenters. The summed E-state index contributed by atoms with van der Waals surface area (Å²) in [6.45, 7) is 2.18. The van der Waals surface area contributed by atoms with Crippen LogP contribution in [0.15, 0.2) is 18.3 Å². The Labute approximate surface area is 117 Å². The number of amides is 1. The van der Waals surface area contributed by atoms with Crippen molar-refractivity contribution in [2.24, 2.45) is 0 Å². The molecular formula is C13H17ClN2OS. The van der Waals surface area contributed by atoms with E-state index in [2.05, 4.69) is 17.2 Å². The molecule has 1 aromatic heterocycles. The van der Waals surface area contributed by atoms with Gasteiger partial charge < -0.3 is 5.32 Å². The van der Waals surface area contributed by atoms with Gasteiger partial charge in [-0.15, -0.1) is 0 Å². The van der Waals surface area contributed by atoms with Gasteiger partial charge in [-0.25, -0.2) is 4.98 Å². The molecule has 0 aromatic carbocycles. The number of carbonyl (C=O) groups excluding carboxylic acids is 1. The first kappa shape index (κ1) is 13.7. The van der Waals surface area contributed by atoms with Crippen LogP contribution in [0.3, 0.4) is 0 Å². The Morgan fingerprint density at radius 1 is 1.61 bits per heavy atom. The van der Waals surface area contributed by atoms with Gasteiger partial charge in [0.15, 0.2) is 0 Å². The molecule has 1 aliphatic rings. The third-order valence-corrected chi connectivity index (χ3v) is 4.55. The second-order valence-electron chi connectivity index (χ2n) is 4.43. The summed E-state index contributed by atoms with van der Waals surface area (Å²) in [4.78, 5) is 15.9. The summed E-state index contributed by atoms with van der Waals surface area (Å²) in [5.41, 5.74) is 0.585. The van der Waals surface area contributed by atoms with E-state index >= 15 is 0 Å². The number of nitrogens with one attached hydrogen (secondary N) is 1. The van der Waals surface area contributed by atoms with E-state index in [0.29, 0.717) is 22.0 Å². The van der Waals surface area contributed by atoms with Gasteiger partial charge in [0.25, 0.3) is 5.91 Å². The molecule has 1 aliphatic carbocycles. The SMILES string of the molecule is CCSC1CCC(NC(=O)c2ccnc(Cl)c2)C1. The standard InChI is InChI=1S/C13H17ClN2OS/c1-2-18-11-4-3-10(8-11)16-13(17)9-5-6-15-12(14)7-9/h5-7,10-11H,2-4,8H2,1H3,(H,16,17). The van der Waals surface area contributed by atoms with Gasteiger partial charge in [0.05, 0.1) is 0 Å². The summed E-state index contributed by atoms with van der Waals surface area (Å²) in [5, 5.41) is 4.12. The summed E-state index contributed by atoms with van der Waals surface area (Å²) >= 11 is 7.76. The fourth-order valence-corrected chi connectivity index (χ4v) is 3.59. The number of hydrogen-bond acceptors (Lipinski definition) is 3. The van der Waals surface area contributed by atoms with Gasteiger partial charge in [-0.2, -0.15) is 11.8 Å². The molecule has 1 amide bonds. The van der Waals surface area contributed by atoms with Crippen molar-refractivity contribution in [1.82, 2.24) is 10.3 Å². The number of rotatable bonds is 4. The molecule has 0 bridgehead atoms. The van der Waals surface area contributed by atoms with Crippen molar-refractivity contribution in [1.29, 1.82) is 0 Å². The number of aromatic nitrogens is 1. The van der Waals surface area contributed by atoms with Crippen LogP contribution in [0.1, 0.15) is 36.5 Å². The number of carbonyl (C=O) groups is 1. The highest BCUT2D eigenvalue weighted by Gasteiger charge is 2.25. The molecule has 0 radical (unpaired) electrons. The molecule has 1 aromatic rings. The van der Waals surface area contributed by atoms with Crippen molar-refractivity contribution < 1.29 is 4.79 Å². The molecule has 5 heteroatoms. The molecule has 3 nitrogen and oxygen atoms in total. The van der Waals surface area contributed by atoms with Crippen LogP contribution >= 0.6 is 23.4 Å². The third kappa shape index (κ3) is 3.62. The van der Waals surface area contributed by atoms with Crippen molar-refractivity contribution in [2.45, 2.75) is 37.5 Å². The van der Waals surface area contributed by atoms with Crippen molar-refractivity contribution in [3.05, 3.63) is 29.0 Å². The Morgan fingerprint density at radius 2 is 2.44 bits per heavy atom. The first-order valence-electron chi connectivity index (χ1n) is 6.23. The second kappa shape index (κ2) is 6.43. The van der Waals surface area contributed by atoms with Crippen molar-refractivity contribution in [3.63, 3.8) is 0 Å². The minimum absolute atomic E-state index is 0.0496. The monoisotopic (exact) mass is 284 g/mol. The molecule has 1 saturated carbocycles. The van der Waals surface area contributed by atoms with Crippen LogP contribution in [0.25, 0.3) is 0 Å². The van der Waals surface area contributed by atoms with Crippen LogP contribution in [-0.4, -0.2) is 27.9 Å². The molecule has 2 rings (SSSR count). The predicted molar refractivity (Wildman–Crippen MR) is 76.3 cm³/mol. The molecule has 0 aliphatic heterocycles. The topological polar surface area (TPSA) is 42.0 Å². The van der Waals surface area contributed by atoms with Crippen LogP contribution in [0.4, 0.5) is 0 Å². The van der Waals surface area contributed by atoms with Crippen molar-refractivity contribution in [3.8, 4) is 0 Å². The third-order valence-electron chi connectivity index (χ3n) is 3.11. The zero-order chi connectivity index (χ0) is 13.0. The van der Waals surface area contributed by atoms with E-state index in [1.807, 2.05) is 11.8 Å². The van der Waals surface area contributed by atoms with E-state index < -0.39 is 0 Å². The van der Waals surface area contributed by atoms with E-state index in [4.69, 9.17) is 11.6 Å². The fraction of sp³-hybridized carbons (Fsp3) is 0.538. The molecule has 0 saturated heterocycles. The largest absolute Gasteiger partial charge is 0.349 e. The summed E-state index contributed by atoms with van der Waals surface area (Å²) in [6.07, 6.45) is 4.90. The smallest absolute Gasteiger partial charge is 0.251 e. The zero-order valence-corrected chi connectivity index (χ0v) is 11.9. The molecule has 98 valence electrons. The first-order chi connectivity index (χ1) is 8.69. The van der Waals surface area contributed by atoms with Crippen molar-refractivity contribution >= 4 is 29.3 Å². The Morgan fingerprint density at radius 3 is 3.17 bits per heavy atom. The maximum atomic E-state index is 12.0. The lowest BCUT2D eigenvalue weighted by Crippen LogP contribution is -2.33. The molecule has 0 spiro atoms. The number of hydrogen-bond donors (Lipinski definition) is 1. The van der Waals surface area contributed by atoms with E-state index in [9.17, 15) is 4.79 Å². The summed E-state index contributed by atoms with van der Waals surface area (Å²) in [6, 6.07) is 3.59. The number of thioether (sulfide) groups is 1. The molecule has 1 N–H and O–H groups in total. The number of halogens is 1. The summed E-state index contributed by atoms with van der Waals surface area (Å²) < 4.78 is 0. The quantitative estimate of drug-likeness (QED) is 0.864. The van der Waals surface area contributed by atoms with Gasteiger partial charge in [-0.05, 0) is 37.1 Å². The Balaban J connectivity index is 1.89. The molecular weight excluding hydrogens is 268 g/mol. The van der Waals surface area contributed by atoms with E-state index in [1.165, 1.54) is 6.42 Å². The fourth-order valence-electron chi connectivity index (χ4n) is 2.27. The first-order valence-corrected chi connectivity index (χ1v) is 7.65. The van der Waals surface area contributed by atoms with Gasteiger partial charge in [0.1, 0.15) is 5.15 Å². The Bertz CT molecular complexity index is 427. The van der Waals surface area contributed by atoms with Gasteiger partial charge >= 0.3 is 0 Å². The summed E-state index contributed by atoms with van der Waals surface area (Å²) in [7, 11) is 0. The lowest BCUT2D eigenvalue weighted by Gasteiger charge is -2.13. The summed E-state index contributed by atoms with van der Waals surface area (Å²) in [5.74, 6) is 1.09. The highest BCUT2D eigenvalue weighted by atomic mass is 35.5.